The van der Waals surface area contributed by atoms with Crippen molar-refractivity contribution < 1.29 is 38.9 Å². The number of ether oxygens (including phenoxy) is 2. The van der Waals surface area contributed by atoms with Crippen molar-refractivity contribution in [2.45, 2.75) is 78.1 Å². The van der Waals surface area contributed by atoms with Crippen molar-refractivity contribution in [1.29, 1.82) is 0 Å². The highest BCUT2D eigenvalue weighted by Crippen LogP contribution is 2.07. The number of carbonyl (C=O) groups excluding carboxylic acids is 2. The van der Waals surface area contributed by atoms with Gasteiger partial charge in [0, 0.05) is 24.0 Å². The Morgan fingerprint density at radius 1 is 0.633 bits per heavy atom. The maximum absolute atomic E-state index is 11.8. The van der Waals surface area contributed by atoms with Crippen molar-refractivity contribution in [2.24, 2.45) is 0 Å². The second kappa shape index (κ2) is 17.2. The maximum atomic E-state index is 11.8. The highest BCUT2D eigenvalue weighted by Gasteiger charge is 2.07. The average Bonchev–Trinajstić information content (AvgIpc) is 2.69. The highest BCUT2D eigenvalue weighted by molar-refractivity contribution is 5.88. The number of carboxylic acids is 2. The lowest BCUT2D eigenvalue weighted by Crippen LogP contribution is -2.08. The molecular weight excluding hydrogens is 392 g/mol. The molecule has 0 aromatic heterocycles. The number of allylic oxidation sites excluding steroid dienone is 2. The van der Waals surface area contributed by atoms with E-state index >= 15 is 0 Å². The average molecular weight is 427 g/mol. The van der Waals surface area contributed by atoms with Gasteiger partial charge in [-0.2, -0.15) is 0 Å². The summed E-state index contributed by atoms with van der Waals surface area (Å²) in [5.74, 6) is -2.47. The molecular formula is C22H34O8. The van der Waals surface area contributed by atoms with Crippen molar-refractivity contribution in [2.75, 3.05) is 13.2 Å². The van der Waals surface area contributed by atoms with E-state index in [0.717, 1.165) is 12.8 Å². The molecule has 0 aliphatic rings. The predicted octanol–water partition coefficient (Wildman–Crippen LogP) is 4.04. The van der Waals surface area contributed by atoms with E-state index in [9.17, 15) is 19.2 Å². The summed E-state index contributed by atoms with van der Waals surface area (Å²) in [6.07, 6.45) is 8.72. The summed E-state index contributed by atoms with van der Waals surface area (Å²) in [6.45, 7) is 3.94. The Bertz CT molecular complexity index is 565. The molecule has 0 aromatic rings. The molecule has 2 N–H and O–H groups in total. The molecule has 170 valence electrons. The molecule has 0 aromatic carbocycles. The Morgan fingerprint density at radius 2 is 1.00 bits per heavy atom. The molecule has 0 unspecified atom stereocenters. The van der Waals surface area contributed by atoms with Crippen LogP contribution in [0.25, 0.3) is 0 Å². The fourth-order valence-corrected chi connectivity index (χ4v) is 2.43. The van der Waals surface area contributed by atoms with Gasteiger partial charge in [-0.15, -0.1) is 0 Å². The largest absolute Gasteiger partial charge is 0.481 e. The number of esters is 2. The molecule has 0 rings (SSSR count). The molecule has 0 amide bonds. The summed E-state index contributed by atoms with van der Waals surface area (Å²) in [5.41, 5.74) is 0.970. The molecule has 0 fully saturated rings. The molecule has 0 aliphatic heterocycles. The minimum Gasteiger partial charge on any atom is -0.481 e. The van der Waals surface area contributed by atoms with Crippen LogP contribution in [0.1, 0.15) is 78.1 Å². The summed E-state index contributed by atoms with van der Waals surface area (Å²) in [4.78, 5) is 44.4. The SMILES string of the molecule is CC(=CCCCC(=O)O)C(=O)OCCCCCCOC(=O)C(C)=CCCCC(=O)O. The Balaban J connectivity index is 3.72. The zero-order valence-electron chi connectivity index (χ0n) is 18.0. The van der Waals surface area contributed by atoms with Gasteiger partial charge in [-0.05, 0) is 65.2 Å². The Hall–Kier alpha value is -2.64. The molecule has 8 nitrogen and oxygen atoms in total. The highest BCUT2D eigenvalue weighted by atomic mass is 16.5. The van der Waals surface area contributed by atoms with Gasteiger partial charge < -0.3 is 19.7 Å². The number of carbonyl (C=O) groups is 4. The van der Waals surface area contributed by atoms with Gasteiger partial charge >= 0.3 is 23.9 Å². The summed E-state index contributed by atoms with van der Waals surface area (Å²) < 4.78 is 10.3. The second-order valence-corrected chi connectivity index (χ2v) is 7.03. The molecule has 0 saturated carbocycles. The number of aliphatic carboxylic acids is 2. The van der Waals surface area contributed by atoms with Gasteiger partial charge in [0.15, 0.2) is 0 Å². The van der Waals surface area contributed by atoms with E-state index in [1.165, 1.54) is 0 Å². The lowest BCUT2D eigenvalue weighted by atomic mass is 10.2. The van der Waals surface area contributed by atoms with Crippen LogP contribution in [0.4, 0.5) is 0 Å². The molecule has 0 saturated heterocycles. The predicted molar refractivity (Wildman–Crippen MR) is 111 cm³/mol. The fraction of sp³-hybridized carbons (Fsp3) is 0.636. The lowest BCUT2D eigenvalue weighted by molar-refractivity contribution is -0.140. The second-order valence-electron chi connectivity index (χ2n) is 7.03. The number of hydrogen-bond donors (Lipinski definition) is 2. The third-order valence-electron chi connectivity index (χ3n) is 4.24. The molecule has 8 heteroatoms. The lowest BCUT2D eigenvalue weighted by Gasteiger charge is -2.06. The Labute approximate surface area is 177 Å². The van der Waals surface area contributed by atoms with Gasteiger partial charge in [0.05, 0.1) is 13.2 Å². The van der Waals surface area contributed by atoms with E-state index in [4.69, 9.17) is 19.7 Å². The summed E-state index contributed by atoms with van der Waals surface area (Å²) in [5, 5.41) is 17.1. The molecule has 0 aliphatic carbocycles. The molecule has 30 heavy (non-hydrogen) atoms. The standard InChI is InChI=1S/C22H34O8/c1-17(11-5-7-13-19(23)24)21(27)29-15-9-3-4-10-16-30-22(28)18(2)12-6-8-14-20(25)26/h11-12H,3-10,13-16H2,1-2H3,(H,23,24)(H,25,26). The monoisotopic (exact) mass is 426 g/mol. The Morgan fingerprint density at radius 3 is 1.33 bits per heavy atom. The Kier molecular flexibility index (Phi) is 15.7. The summed E-state index contributed by atoms with van der Waals surface area (Å²) in [6, 6.07) is 0. The van der Waals surface area contributed by atoms with E-state index in [1.807, 2.05) is 0 Å². The molecule has 0 atom stereocenters. The first-order chi connectivity index (χ1) is 14.2. The minimum atomic E-state index is -0.849. The molecule has 0 heterocycles. The van der Waals surface area contributed by atoms with Crippen LogP contribution >= 0.6 is 0 Å². The number of hydrogen-bond acceptors (Lipinski definition) is 6. The number of carboxylic acid groups (broad SMARTS) is 2. The van der Waals surface area contributed by atoms with Gasteiger partial charge in [0.1, 0.15) is 0 Å². The summed E-state index contributed by atoms with van der Waals surface area (Å²) >= 11 is 0. The maximum Gasteiger partial charge on any atom is 0.333 e. The zero-order chi connectivity index (χ0) is 22.8. The first kappa shape index (κ1) is 27.4. The van der Waals surface area contributed by atoms with Crippen LogP contribution in [-0.4, -0.2) is 47.3 Å². The van der Waals surface area contributed by atoms with Gasteiger partial charge in [-0.25, -0.2) is 9.59 Å². The molecule has 0 radical (unpaired) electrons. The number of rotatable bonds is 17. The van der Waals surface area contributed by atoms with E-state index in [-0.39, 0.29) is 24.8 Å². The van der Waals surface area contributed by atoms with Crippen molar-refractivity contribution in [3.63, 3.8) is 0 Å². The van der Waals surface area contributed by atoms with E-state index in [2.05, 4.69) is 0 Å². The first-order valence-corrected chi connectivity index (χ1v) is 10.4. The smallest absolute Gasteiger partial charge is 0.333 e. The fourth-order valence-electron chi connectivity index (χ4n) is 2.43. The minimum absolute atomic E-state index is 0.0801. The normalized spacial score (nSPS) is 11.8. The quantitative estimate of drug-likeness (QED) is 0.203. The van der Waals surface area contributed by atoms with Crippen LogP contribution in [0.5, 0.6) is 0 Å². The van der Waals surface area contributed by atoms with E-state index < -0.39 is 11.9 Å². The van der Waals surface area contributed by atoms with Gasteiger partial charge in [0.2, 0.25) is 0 Å². The van der Waals surface area contributed by atoms with Crippen LogP contribution in [0.2, 0.25) is 0 Å². The van der Waals surface area contributed by atoms with Crippen molar-refractivity contribution in [1.82, 2.24) is 0 Å². The van der Waals surface area contributed by atoms with Gasteiger partial charge in [0.25, 0.3) is 0 Å². The van der Waals surface area contributed by atoms with Crippen LogP contribution in [0.3, 0.4) is 0 Å². The van der Waals surface area contributed by atoms with Crippen molar-refractivity contribution >= 4 is 23.9 Å². The van der Waals surface area contributed by atoms with E-state index in [1.54, 1.807) is 26.0 Å². The van der Waals surface area contributed by atoms with E-state index in [0.29, 0.717) is 62.9 Å². The van der Waals surface area contributed by atoms with Crippen LogP contribution < -0.4 is 0 Å². The third kappa shape index (κ3) is 16.3. The molecule has 0 bridgehead atoms. The molecule has 0 spiro atoms. The van der Waals surface area contributed by atoms with Crippen LogP contribution in [0.15, 0.2) is 23.3 Å². The van der Waals surface area contributed by atoms with Gasteiger partial charge in [-0.3, -0.25) is 9.59 Å². The topological polar surface area (TPSA) is 127 Å². The van der Waals surface area contributed by atoms with Gasteiger partial charge in [-0.1, -0.05) is 12.2 Å². The number of unbranched alkanes of at least 4 members (excludes halogenated alkanes) is 5. The zero-order valence-corrected chi connectivity index (χ0v) is 18.0. The van der Waals surface area contributed by atoms with Crippen LogP contribution in [-0.2, 0) is 28.7 Å². The third-order valence-corrected chi connectivity index (χ3v) is 4.24. The van der Waals surface area contributed by atoms with Crippen molar-refractivity contribution in [3.05, 3.63) is 23.3 Å². The first-order valence-electron chi connectivity index (χ1n) is 10.4. The summed E-state index contributed by atoms with van der Waals surface area (Å²) in [7, 11) is 0. The van der Waals surface area contributed by atoms with Crippen molar-refractivity contribution in [3.8, 4) is 0 Å². The van der Waals surface area contributed by atoms with Crippen LogP contribution in [0, 0.1) is 0 Å².